The first-order chi connectivity index (χ1) is 7.06. The van der Waals surface area contributed by atoms with Crippen molar-refractivity contribution < 1.29 is 9.90 Å². The Morgan fingerprint density at radius 2 is 2.33 bits per heavy atom. The Hall–Kier alpha value is -1.36. The first-order valence-electron chi connectivity index (χ1n) is 4.96. The molecule has 1 aromatic rings. The molecule has 0 spiro atoms. The smallest absolute Gasteiger partial charge is 0.257 e. The number of aliphatic hydroxyl groups is 1. The molecule has 0 saturated heterocycles. The summed E-state index contributed by atoms with van der Waals surface area (Å²) < 4.78 is 1.59. The van der Waals surface area contributed by atoms with E-state index in [2.05, 4.69) is 5.10 Å². The molecular formula is C10H17N3O2. The zero-order valence-electron chi connectivity index (χ0n) is 9.34. The van der Waals surface area contributed by atoms with Gasteiger partial charge in [0, 0.05) is 25.8 Å². The fourth-order valence-electron chi connectivity index (χ4n) is 1.40. The highest BCUT2D eigenvalue weighted by molar-refractivity contribution is 5.93. The van der Waals surface area contributed by atoms with Crippen molar-refractivity contribution in [1.29, 1.82) is 0 Å². The highest BCUT2D eigenvalue weighted by Gasteiger charge is 2.19. The van der Waals surface area contributed by atoms with Crippen molar-refractivity contribution in [1.82, 2.24) is 14.7 Å². The lowest BCUT2D eigenvalue weighted by Gasteiger charge is -2.25. The van der Waals surface area contributed by atoms with Crippen LogP contribution in [-0.2, 0) is 7.05 Å². The summed E-state index contributed by atoms with van der Waals surface area (Å²) in [6.07, 6.45) is 3.21. The Balaban J connectivity index is 2.80. The number of aliphatic hydroxyl groups excluding tert-OH is 1. The lowest BCUT2D eigenvalue weighted by molar-refractivity contribution is 0.0665. The Labute approximate surface area is 89.3 Å². The molecule has 1 heterocycles. The molecule has 1 N–H and O–H groups in total. The molecule has 0 unspecified atom stereocenters. The van der Waals surface area contributed by atoms with Crippen LogP contribution in [0.1, 0.15) is 24.2 Å². The van der Waals surface area contributed by atoms with E-state index in [1.807, 2.05) is 13.8 Å². The molecule has 0 aromatic carbocycles. The van der Waals surface area contributed by atoms with Crippen LogP contribution in [0, 0.1) is 0 Å². The Morgan fingerprint density at radius 3 is 2.73 bits per heavy atom. The van der Waals surface area contributed by atoms with Gasteiger partial charge in [-0.1, -0.05) is 0 Å². The second-order valence-corrected chi connectivity index (χ2v) is 3.72. The van der Waals surface area contributed by atoms with Gasteiger partial charge < -0.3 is 10.0 Å². The minimum absolute atomic E-state index is 0.0236. The van der Waals surface area contributed by atoms with Gasteiger partial charge >= 0.3 is 0 Å². The molecule has 1 rings (SSSR count). The molecule has 0 fully saturated rings. The number of aromatic nitrogens is 2. The van der Waals surface area contributed by atoms with Crippen LogP contribution in [0.25, 0.3) is 0 Å². The fraction of sp³-hybridized carbons (Fsp3) is 0.600. The molecule has 0 aliphatic rings. The van der Waals surface area contributed by atoms with Crippen molar-refractivity contribution in [2.24, 2.45) is 7.05 Å². The highest BCUT2D eigenvalue weighted by Crippen LogP contribution is 2.06. The van der Waals surface area contributed by atoms with Gasteiger partial charge in [-0.3, -0.25) is 9.48 Å². The van der Waals surface area contributed by atoms with E-state index in [4.69, 9.17) is 5.11 Å². The quantitative estimate of drug-likeness (QED) is 0.777. The number of hydrogen-bond donors (Lipinski definition) is 1. The zero-order valence-corrected chi connectivity index (χ0v) is 9.34. The molecule has 15 heavy (non-hydrogen) atoms. The van der Waals surface area contributed by atoms with E-state index in [1.54, 1.807) is 22.8 Å². The van der Waals surface area contributed by atoms with Gasteiger partial charge in [-0.25, -0.2) is 0 Å². The molecule has 1 aromatic heterocycles. The number of aryl methyl sites for hydroxylation is 1. The van der Waals surface area contributed by atoms with Crippen LogP contribution in [0.4, 0.5) is 0 Å². The first kappa shape index (κ1) is 11.7. The van der Waals surface area contributed by atoms with E-state index >= 15 is 0 Å². The fourth-order valence-corrected chi connectivity index (χ4v) is 1.40. The minimum atomic E-state index is -0.0906. The molecule has 84 valence electrons. The van der Waals surface area contributed by atoms with Crippen LogP contribution >= 0.6 is 0 Å². The predicted octanol–water partition coefficient (Wildman–Crippen LogP) is 0.263. The summed E-state index contributed by atoms with van der Waals surface area (Å²) in [5.41, 5.74) is 0.555. The van der Waals surface area contributed by atoms with Gasteiger partial charge in [0.2, 0.25) is 0 Å². The average molecular weight is 211 g/mol. The van der Waals surface area contributed by atoms with Gasteiger partial charge in [-0.05, 0) is 13.8 Å². The largest absolute Gasteiger partial charge is 0.395 e. The summed E-state index contributed by atoms with van der Waals surface area (Å²) in [5.74, 6) is -0.0906. The van der Waals surface area contributed by atoms with Crippen LogP contribution in [0.2, 0.25) is 0 Å². The van der Waals surface area contributed by atoms with Gasteiger partial charge in [0.15, 0.2) is 0 Å². The second kappa shape index (κ2) is 4.93. The average Bonchev–Trinajstić information content (AvgIpc) is 2.59. The van der Waals surface area contributed by atoms with Gasteiger partial charge in [-0.15, -0.1) is 0 Å². The topological polar surface area (TPSA) is 58.4 Å². The van der Waals surface area contributed by atoms with Crippen molar-refractivity contribution >= 4 is 5.91 Å². The van der Waals surface area contributed by atoms with Gasteiger partial charge in [0.05, 0.1) is 18.4 Å². The van der Waals surface area contributed by atoms with Crippen LogP contribution < -0.4 is 0 Å². The summed E-state index contributed by atoms with van der Waals surface area (Å²) in [6.45, 7) is 4.17. The van der Waals surface area contributed by atoms with Crippen LogP contribution in [-0.4, -0.2) is 44.9 Å². The highest BCUT2D eigenvalue weighted by atomic mass is 16.3. The first-order valence-corrected chi connectivity index (χ1v) is 4.96. The maximum absolute atomic E-state index is 12.0. The number of amides is 1. The van der Waals surface area contributed by atoms with E-state index in [0.29, 0.717) is 12.1 Å². The Kier molecular flexibility index (Phi) is 3.85. The number of rotatable bonds is 4. The van der Waals surface area contributed by atoms with E-state index in [1.165, 1.54) is 6.20 Å². The number of carbonyl (C=O) groups is 1. The maximum Gasteiger partial charge on any atom is 0.257 e. The second-order valence-electron chi connectivity index (χ2n) is 3.72. The van der Waals surface area contributed by atoms with Gasteiger partial charge in [0.25, 0.3) is 5.91 Å². The van der Waals surface area contributed by atoms with Gasteiger partial charge in [0.1, 0.15) is 0 Å². The number of carbonyl (C=O) groups excluding carboxylic acids is 1. The van der Waals surface area contributed by atoms with Gasteiger partial charge in [-0.2, -0.15) is 5.10 Å². The monoisotopic (exact) mass is 211 g/mol. The van der Waals surface area contributed by atoms with Crippen LogP contribution in [0.5, 0.6) is 0 Å². The zero-order chi connectivity index (χ0) is 11.4. The third-order valence-corrected chi connectivity index (χ3v) is 2.18. The molecule has 0 aliphatic heterocycles. The lowest BCUT2D eigenvalue weighted by Crippen LogP contribution is -2.38. The SMILES string of the molecule is CC(C)N(CCO)C(=O)c1cnn(C)c1. The predicted molar refractivity (Wildman–Crippen MR) is 56.5 cm³/mol. The molecule has 0 bridgehead atoms. The third kappa shape index (κ3) is 2.79. The van der Waals surface area contributed by atoms with Crippen molar-refractivity contribution in [2.75, 3.05) is 13.2 Å². The summed E-state index contributed by atoms with van der Waals surface area (Å²) >= 11 is 0. The van der Waals surface area contributed by atoms with Crippen LogP contribution in [0.3, 0.4) is 0 Å². The molecule has 0 saturated carbocycles. The van der Waals surface area contributed by atoms with Crippen molar-refractivity contribution in [2.45, 2.75) is 19.9 Å². The summed E-state index contributed by atoms with van der Waals surface area (Å²) in [5, 5.41) is 12.8. The third-order valence-electron chi connectivity index (χ3n) is 2.18. The normalized spacial score (nSPS) is 10.7. The Bertz CT molecular complexity index is 333. The van der Waals surface area contributed by atoms with Crippen molar-refractivity contribution in [3.8, 4) is 0 Å². The number of hydrogen-bond acceptors (Lipinski definition) is 3. The lowest BCUT2D eigenvalue weighted by atomic mass is 10.2. The maximum atomic E-state index is 12.0. The Morgan fingerprint density at radius 1 is 1.67 bits per heavy atom. The van der Waals surface area contributed by atoms with Crippen LogP contribution in [0.15, 0.2) is 12.4 Å². The molecule has 0 atom stereocenters. The van der Waals surface area contributed by atoms with Crippen molar-refractivity contribution in [3.63, 3.8) is 0 Å². The van der Waals surface area contributed by atoms with E-state index in [-0.39, 0.29) is 18.6 Å². The summed E-state index contributed by atoms with van der Waals surface area (Å²) in [4.78, 5) is 13.6. The summed E-state index contributed by atoms with van der Waals surface area (Å²) in [7, 11) is 1.77. The molecule has 5 heteroatoms. The van der Waals surface area contributed by atoms with E-state index in [0.717, 1.165) is 0 Å². The molecule has 1 amide bonds. The molecule has 5 nitrogen and oxygen atoms in total. The minimum Gasteiger partial charge on any atom is -0.395 e. The van der Waals surface area contributed by atoms with E-state index < -0.39 is 0 Å². The van der Waals surface area contributed by atoms with E-state index in [9.17, 15) is 4.79 Å². The molecule has 0 aliphatic carbocycles. The molecular weight excluding hydrogens is 194 g/mol. The molecule has 0 radical (unpaired) electrons. The summed E-state index contributed by atoms with van der Waals surface area (Å²) in [6, 6.07) is 0.0739. The van der Waals surface area contributed by atoms with Crippen molar-refractivity contribution in [3.05, 3.63) is 18.0 Å². The number of nitrogens with zero attached hydrogens (tertiary/aromatic N) is 3. The standard InChI is InChI=1S/C10H17N3O2/c1-8(2)13(4-5-14)10(15)9-6-11-12(3)7-9/h6-8,14H,4-5H2,1-3H3.